The third-order valence-electron chi connectivity index (χ3n) is 5.61. The van der Waals surface area contributed by atoms with Crippen molar-refractivity contribution in [3.63, 3.8) is 0 Å². The van der Waals surface area contributed by atoms with E-state index in [-0.39, 0.29) is 18.9 Å². The van der Waals surface area contributed by atoms with Crippen LogP contribution in [0.15, 0.2) is 36.7 Å². The molecule has 178 valence electrons. The number of fused-ring (bicyclic) bond motifs is 1. The quantitative estimate of drug-likeness (QED) is 0.519. The van der Waals surface area contributed by atoms with E-state index in [9.17, 15) is 9.90 Å². The number of aryl methyl sites for hydroxylation is 2. The number of Topliss-reactive ketones (excluding diaryl/α,β-unsaturated/α-hetero) is 1. The van der Waals surface area contributed by atoms with Crippen LogP contribution < -0.4 is 9.64 Å². The molecule has 0 atom stereocenters. The number of aromatic nitrogens is 4. The van der Waals surface area contributed by atoms with E-state index >= 15 is 0 Å². The van der Waals surface area contributed by atoms with Gasteiger partial charge in [0.15, 0.2) is 11.6 Å². The Morgan fingerprint density at radius 2 is 2.00 bits per heavy atom. The second-order valence-corrected chi connectivity index (χ2v) is 9.51. The summed E-state index contributed by atoms with van der Waals surface area (Å²) in [6.45, 7) is 5.72. The van der Waals surface area contributed by atoms with Crippen molar-refractivity contribution in [2.45, 2.75) is 52.1 Å². The molecule has 8 nitrogen and oxygen atoms in total. The number of pyridine rings is 2. The fraction of sp³-hybridized carbons (Fsp3) is 0.423. The summed E-state index contributed by atoms with van der Waals surface area (Å²) in [7, 11) is 1.90. The number of anilines is 1. The van der Waals surface area contributed by atoms with Gasteiger partial charge in [-0.25, -0.2) is 9.97 Å². The van der Waals surface area contributed by atoms with Gasteiger partial charge in [-0.15, -0.1) is 0 Å². The Labute approximate surface area is 200 Å². The number of hydrogen-bond donors (Lipinski definition) is 1. The molecule has 0 fully saturated rings. The van der Waals surface area contributed by atoms with Gasteiger partial charge < -0.3 is 14.7 Å². The lowest BCUT2D eigenvalue weighted by Gasteiger charge is -2.21. The lowest BCUT2D eigenvalue weighted by Crippen LogP contribution is -2.29. The number of carbonyl (C=O) groups excluding carboxylic acids is 1. The van der Waals surface area contributed by atoms with Crippen molar-refractivity contribution in [2.24, 2.45) is 0 Å². The van der Waals surface area contributed by atoms with Crippen molar-refractivity contribution in [2.75, 3.05) is 25.1 Å². The molecule has 3 heterocycles. The minimum atomic E-state index is -0.940. The predicted octanol–water partition coefficient (Wildman–Crippen LogP) is 3.13. The van der Waals surface area contributed by atoms with Crippen LogP contribution in [-0.2, 0) is 24.1 Å². The van der Waals surface area contributed by atoms with Gasteiger partial charge >= 0.3 is 0 Å². The Balaban J connectivity index is 1.55. The number of likely N-dealkylation sites (N-methyl/N-ethyl adjacent to an activating group) is 1. The fourth-order valence-electron chi connectivity index (χ4n) is 3.95. The van der Waals surface area contributed by atoms with Gasteiger partial charge in [0.05, 0.1) is 12.1 Å². The molecule has 0 amide bonds. The molecule has 1 aliphatic rings. The first-order valence-corrected chi connectivity index (χ1v) is 11.5. The molecule has 1 N–H and O–H groups in total. The van der Waals surface area contributed by atoms with Gasteiger partial charge in [-0.2, -0.15) is 0 Å². The smallest absolute Gasteiger partial charge is 0.180 e. The summed E-state index contributed by atoms with van der Waals surface area (Å²) in [6.07, 6.45) is 6.52. The topological polar surface area (TPSA) is 101 Å². The van der Waals surface area contributed by atoms with Crippen LogP contribution in [0.1, 0.15) is 42.8 Å². The summed E-state index contributed by atoms with van der Waals surface area (Å²) in [5, 5.41) is 9.94. The molecule has 3 aromatic heterocycles. The molecule has 0 saturated carbocycles. The van der Waals surface area contributed by atoms with Crippen molar-refractivity contribution < 1.29 is 14.6 Å². The number of carbonyl (C=O) groups is 1. The van der Waals surface area contributed by atoms with Crippen LogP contribution in [0.25, 0.3) is 11.5 Å². The Hall–Kier alpha value is -3.39. The van der Waals surface area contributed by atoms with Crippen molar-refractivity contribution in [1.29, 1.82) is 0 Å². The lowest BCUT2D eigenvalue weighted by atomic mass is 10.1. The third kappa shape index (κ3) is 5.94. The van der Waals surface area contributed by atoms with Crippen molar-refractivity contribution in [3.05, 3.63) is 59.2 Å². The highest BCUT2D eigenvalue weighted by molar-refractivity contribution is 5.85. The summed E-state index contributed by atoms with van der Waals surface area (Å²) >= 11 is 0. The zero-order valence-electron chi connectivity index (χ0n) is 20.2. The highest BCUT2D eigenvalue weighted by atomic mass is 16.5. The van der Waals surface area contributed by atoms with Crippen LogP contribution in [0.4, 0.5) is 5.82 Å². The molecular weight excluding hydrogens is 430 g/mol. The highest BCUT2D eigenvalue weighted by Gasteiger charge is 2.24. The molecule has 0 unspecified atom stereocenters. The Kier molecular flexibility index (Phi) is 6.88. The summed E-state index contributed by atoms with van der Waals surface area (Å²) in [5.74, 6) is 1.97. The first-order chi connectivity index (χ1) is 16.2. The van der Waals surface area contributed by atoms with Crippen LogP contribution in [0, 0.1) is 6.92 Å². The van der Waals surface area contributed by atoms with Crippen LogP contribution in [-0.4, -0.2) is 56.6 Å². The van der Waals surface area contributed by atoms with E-state index in [1.165, 1.54) is 0 Å². The molecule has 8 heteroatoms. The minimum absolute atomic E-state index is 0.0974. The van der Waals surface area contributed by atoms with E-state index in [1.807, 2.05) is 31.0 Å². The summed E-state index contributed by atoms with van der Waals surface area (Å²) in [6, 6.07) is 7.39. The van der Waals surface area contributed by atoms with Crippen LogP contribution in [0.5, 0.6) is 5.75 Å². The SMILES string of the molecule is Cc1ccc(CC(=O)CN(C)c2nc(-c3cc(OCC(C)(C)O)ccn3)nc3c2CCC3)cn1. The zero-order valence-corrected chi connectivity index (χ0v) is 20.2. The number of ether oxygens (including phenoxy) is 1. The van der Waals surface area contributed by atoms with Gasteiger partial charge in [0.25, 0.3) is 0 Å². The Morgan fingerprint density at radius 1 is 1.18 bits per heavy atom. The van der Waals surface area contributed by atoms with E-state index < -0.39 is 5.60 Å². The molecule has 0 aromatic carbocycles. The molecular formula is C26H31N5O3. The number of rotatable bonds is 9. The molecule has 0 spiro atoms. The largest absolute Gasteiger partial charge is 0.490 e. The fourth-order valence-corrected chi connectivity index (χ4v) is 3.95. The van der Waals surface area contributed by atoms with Crippen LogP contribution >= 0.6 is 0 Å². The normalized spacial score (nSPS) is 13.0. The monoisotopic (exact) mass is 461 g/mol. The lowest BCUT2D eigenvalue weighted by molar-refractivity contribution is -0.117. The first-order valence-electron chi connectivity index (χ1n) is 11.5. The zero-order chi connectivity index (χ0) is 24.3. The van der Waals surface area contributed by atoms with Crippen LogP contribution in [0.3, 0.4) is 0 Å². The molecule has 1 aliphatic carbocycles. The first kappa shape index (κ1) is 23.8. The van der Waals surface area contributed by atoms with E-state index in [4.69, 9.17) is 14.7 Å². The van der Waals surface area contributed by atoms with Gasteiger partial charge in [0.1, 0.15) is 23.9 Å². The van der Waals surface area contributed by atoms with Crippen molar-refractivity contribution in [1.82, 2.24) is 19.9 Å². The summed E-state index contributed by atoms with van der Waals surface area (Å²) < 4.78 is 5.71. The van der Waals surface area contributed by atoms with Gasteiger partial charge in [-0.05, 0) is 57.7 Å². The average Bonchev–Trinajstić information content (AvgIpc) is 3.27. The van der Waals surface area contributed by atoms with Crippen molar-refractivity contribution >= 4 is 11.6 Å². The second kappa shape index (κ2) is 9.85. The molecule has 0 radical (unpaired) electrons. The maximum Gasteiger partial charge on any atom is 0.180 e. The Bertz CT molecular complexity index is 1170. The molecule has 4 rings (SSSR count). The van der Waals surface area contributed by atoms with Crippen molar-refractivity contribution in [3.8, 4) is 17.3 Å². The molecule has 0 bridgehead atoms. The summed E-state index contributed by atoms with van der Waals surface area (Å²) in [5.41, 5.74) is 3.60. The third-order valence-corrected chi connectivity index (χ3v) is 5.61. The van der Waals surface area contributed by atoms with Gasteiger partial charge in [0, 0.05) is 48.9 Å². The molecule has 0 aliphatic heterocycles. The highest BCUT2D eigenvalue weighted by Crippen LogP contribution is 2.31. The predicted molar refractivity (Wildman–Crippen MR) is 130 cm³/mol. The standard InChI is InChI=1S/C26H31N5O3/c1-17-8-9-18(14-28-17)12-19(32)15-31(4)25-21-6-5-7-22(21)29-24(30-25)23-13-20(10-11-27-23)34-16-26(2,3)33/h8-11,13-14,33H,5-7,12,15-16H2,1-4H3. The maximum atomic E-state index is 12.8. The number of aliphatic hydroxyl groups is 1. The van der Waals surface area contributed by atoms with E-state index in [0.29, 0.717) is 23.7 Å². The minimum Gasteiger partial charge on any atom is -0.490 e. The second-order valence-electron chi connectivity index (χ2n) is 9.51. The molecule has 3 aromatic rings. The maximum absolute atomic E-state index is 12.8. The van der Waals surface area contributed by atoms with Crippen LogP contribution in [0.2, 0.25) is 0 Å². The van der Waals surface area contributed by atoms with Gasteiger partial charge in [-0.1, -0.05) is 6.07 Å². The number of hydrogen-bond acceptors (Lipinski definition) is 8. The summed E-state index contributed by atoms with van der Waals surface area (Å²) in [4.78, 5) is 33.0. The van der Waals surface area contributed by atoms with E-state index in [1.54, 1.807) is 38.4 Å². The van der Waals surface area contributed by atoms with Gasteiger partial charge in [-0.3, -0.25) is 14.8 Å². The number of ketones is 1. The van der Waals surface area contributed by atoms with E-state index in [0.717, 1.165) is 47.6 Å². The average molecular weight is 462 g/mol. The van der Waals surface area contributed by atoms with E-state index in [2.05, 4.69) is 9.97 Å². The molecule has 34 heavy (non-hydrogen) atoms. The number of nitrogens with zero attached hydrogens (tertiary/aromatic N) is 5. The Morgan fingerprint density at radius 3 is 2.74 bits per heavy atom. The van der Waals surface area contributed by atoms with Gasteiger partial charge in [0.2, 0.25) is 0 Å². The molecule has 0 saturated heterocycles.